The van der Waals surface area contributed by atoms with Crippen molar-refractivity contribution in [2.75, 3.05) is 20.8 Å². The van der Waals surface area contributed by atoms with Crippen molar-refractivity contribution in [3.05, 3.63) is 89.5 Å². The van der Waals surface area contributed by atoms with E-state index in [0.29, 0.717) is 23.7 Å². The van der Waals surface area contributed by atoms with Crippen LogP contribution in [0.3, 0.4) is 0 Å². The highest BCUT2D eigenvalue weighted by atomic mass is 16.5. The summed E-state index contributed by atoms with van der Waals surface area (Å²) in [5.41, 5.74) is 2.45. The van der Waals surface area contributed by atoms with Crippen LogP contribution >= 0.6 is 0 Å². The van der Waals surface area contributed by atoms with E-state index in [2.05, 4.69) is 5.32 Å². The maximum absolute atomic E-state index is 13.0. The standard InChI is InChI=1S/C24H25NO4/c1-4-29-21-15-12-19(16-22(21)28-3)24(26)25-23(17-8-6-5-7-9-17)18-10-13-20(27-2)14-11-18/h5-16,23H,4H2,1-3H3,(H,25,26)/t23-/m1/s1. The molecule has 1 N–H and O–H groups in total. The minimum Gasteiger partial charge on any atom is -0.497 e. The third-order valence-corrected chi connectivity index (χ3v) is 4.58. The van der Waals surface area contributed by atoms with E-state index in [-0.39, 0.29) is 11.9 Å². The van der Waals surface area contributed by atoms with E-state index in [9.17, 15) is 4.79 Å². The lowest BCUT2D eigenvalue weighted by molar-refractivity contribution is 0.0942. The Bertz CT molecular complexity index is 939. The molecule has 5 nitrogen and oxygen atoms in total. The van der Waals surface area contributed by atoms with Crippen molar-refractivity contribution >= 4 is 5.91 Å². The molecule has 0 saturated heterocycles. The van der Waals surface area contributed by atoms with Gasteiger partial charge in [-0.1, -0.05) is 42.5 Å². The third-order valence-electron chi connectivity index (χ3n) is 4.58. The molecular weight excluding hydrogens is 366 g/mol. The summed E-state index contributed by atoms with van der Waals surface area (Å²) < 4.78 is 16.2. The molecule has 3 aromatic carbocycles. The smallest absolute Gasteiger partial charge is 0.252 e. The van der Waals surface area contributed by atoms with Crippen molar-refractivity contribution in [1.29, 1.82) is 0 Å². The van der Waals surface area contributed by atoms with Gasteiger partial charge in [0.2, 0.25) is 0 Å². The van der Waals surface area contributed by atoms with Gasteiger partial charge in [-0.05, 0) is 48.4 Å². The van der Waals surface area contributed by atoms with Gasteiger partial charge in [0.05, 0.1) is 26.9 Å². The van der Waals surface area contributed by atoms with E-state index in [1.807, 2.05) is 61.5 Å². The van der Waals surface area contributed by atoms with Gasteiger partial charge in [-0.25, -0.2) is 0 Å². The van der Waals surface area contributed by atoms with E-state index in [0.717, 1.165) is 16.9 Å². The van der Waals surface area contributed by atoms with Crippen LogP contribution in [0.15, 0.2) is 72.8 Å². The van der Waals surface area contributed by atoms with Crippen molar-refractivity contribution in [3.8, 4) is 17.2 Å². The number of carbonyl (C=O) groups excluding carboxylic acids is 1. The first-order valence-corrected chi connectivity index (χ1v) is 9.46. The number of hydrogen-bond acceptors (Lipinski definition) is 4. The Kier molecular flexibility index (Phi) is 6.74. The molecule has 29 heavy (non-hydrogen) atoms. The summed E-state index contributed by atoms with van der Waals surface area (Å²) in [6, 6.07) is 22.4. The lowest BCUT2D eigenvalue weighted by Crippen LogP contribution is -2.29. The lowest BCUT2D eigenvalue weighted by atomic mass is 9.98. The molecule has 0 heterocycles. The molecule has 0 bridgehead atoms. The topological polar surface area (TPSA) is 56.8 Å². The molecule has 0 spiro atoms. The molecule has 0 unspecified atom stereocenters. The first-order chi connectivity index (χ1) is 14.2. The van der Waals surface area contributed by atoms with Crippen LogP contribution < -0.4 is 19.5 Å². The zero-order valence-electron chi connectivity index (χ0n) is 16.8. The summed E-state index contributed by atoms with van der Waals surface area (Å²) in [5, 5.41) is 3.13. The fraction of sp³-hybridized carbons (Fsp3) is 0.208. The molecule has 1 amide bonds. The molecule has 0 aromatic heterocycles. The number of ether oxygens (including phenoxy) is 3. The zero-order valence-corrected chi connectivity index (χ0v) is 16.8. The first-order valence-electron chi connectivity index (χ1n) is 9.46. The molecule has 0 aliphatic carbocycles. The van der Waals surface area contributed by atoms with Crippen LogP contribution in [0.1, 0.15) is 34.5 Å². The highest BCUT2D eigenvalue weighted by molar-refractivity contribution is 5.95. The van der Waals surface area contributed by atoms with Gasteiger partial charge in [0.1, 0.15) is 5.75 Å². The zero-order chi connectivity index (χ0) is 20.6. The number of rotatable bonds is 8. The van der Waals surface area contributed by atoms with Crippen LogP contribution in [0.4, 0.5) is 0 Å². The van der Waals surface area contributed by atoms with Crippen molar-refractivity contribution in [3.63, 3.8) is 0 Å². The van der Waals surface area contributed by atoms with Crippen LogP contribution in [0.5, 0.6) is 17.2 Å². The molecule has 0 radical (unpaired) electrons. The largest absolute Gasteiger partial charge is 0.497 e. The summed E-state index contributed by atoms with van der Waals surface area (Å²) >= 11 is 0. The summed E-state index contributed by atoms with van der Waals surface area (Å²) in [5.74, 6) is 1.71. The second kappa shape index (κ2) is 9.64. The summed E-state index contributed by atoms with van der Waals surface area (Å²) in [7, 11) is 3.19. The summed E-state index contributed by atoms with van der Waals surface area (Å²) in [4.78, 5) is 13.0. The van der Waals surface area contributed by atoms with Crippen LogP contribution in [0.2, 0.25) is 0 Å². The SMILES string of the molecule is CCOc1ccc(C(=O)N[C@H](c2ccccc2)c2ccc(OC)cc2)cc1OC. The highest BCUT2D eigenvalue weighted by Crippen LogP contribution is 2.29. The maximum atomic E-state index is 13.0. The molecule has 0 aliphatic rings. The predicted molar refractivity (Wildman–Crippen MR) is 113 cm³/mol. The third kappa shape index (κ3) is 4.88. The maximum Gasteiger partial charge on any atom is 0.252 e. The molecular formula is C24H25NO4. The van der Waals surface area contributed by atoms with Gasteiger partial charge in [-0.2, -0.15) is 0 Å². The number of amides is 1. The van der Waals surface area contributed by atoms with Gasteiger partial charge in [0.25, 0.3) is 5.91 Å². The molecule has 5 heteroatoms. The van der Waals surface area contributed by atoms with Gasteiger partial charge in [0.15, 0.2) is 11.5 Å². The second-order valence-electron chi connectivity index (χ2n) is 6.39. The van der Waals surface area contributed by atoms with Gasteiger partial charge in [-0.15, -0.1) is 0 Å². The van der Waals surface area contributed by atoms with E-state index in [1.165, 1.54) is 0 Å². The highest BCUT2D eigenvalue weighted by Gasteiger charge is 2.19. The number of nitrogens with one attached hydrogen (secondary N) is 1. The average Bonchev–Trinajstić information content (AvgIpc) is 2.78. The number of hydrogen-bond donors (Lipinski definition) is 1. The molecule has 0 aliphatic heterocycles. The van der Waals surface area contributed by atoms with Crippen LogP contribution in [-0.4, -0.2) is 26.7 Å². The van der Waals surface area contributed by atoms with E-state index < -0.39 is 0 Å². The van der Waals surface area contributed by atoms with E-state index >= 15 is 0 Å². The molecule has 1 atom stereocenters. The summed E-state index contributed by atoms with van der Waals surface area (Å²) in [6.45, 7) is 2.43. The monoisotopic (exact) mass is 391 g/mol. The first kappa shape index (κ1) is 20.3. The van der Waals surface area contributed by atoms with Gasteiger partial charge in [0, 0.05) is 5.56 Å². The molecule has 0 fully saturated rings. The fourth-order valence-electron chi connectivity index (χ4n) is 3.10. The van der Waals surface area contributed by atoms with Crippen molar-refractivity contribution < 1.29 is 19.0 Å². The normalized spacial score (nSPS) is 11.4. The quantitative estimate of drug-likeness (QED) is 0.609. The fourth-order valence-corrected chi connectivity index (χ4v) is 3.10. The van der Waals surface area contributed by atoms with Crippen LogP contribution in [0.25, 0.3) is 0 Å². The van der Waals surface area contributed by atoms with Gasteiger partial charge in [-0.3, -0.25) is 4.79 Å². The van der Waals surface area contributed by atoms with Gasteiger partial charge < -0.3 is 19.5 Å². The van der Waals surface area contributed by atoms with Crippen molar-refractivity contribution in [2.24, 2.45) is 0 Å². The molecule has 3 aromatic rings. The van der Waals surface area contributed by atoms with E-state index in [4.69, 9.17) is 14.2 Å². The summed E-state index contributed by atoms with van der Waals surface area (Å²) in [6.07, 6.45) is 0. The number of benzene rings is 3. The number of methoxy groups -OCH3 is 2. The Morgan fingerprint density at radius 1 is 0.862 bits per heavy atom. The van der Waals surface area contributed by atoms with Crippen LogP contribution in [0, 0.1) is 0 Å². The molecule has 0 saturated carbocycles. The lowest BCUT2D eigenvalue weighted by Gasteiger charge is -2.20. The Balaban J connectivity index is 1.90. The van der Waals surface area contributed by atoms with E-state index in [1.54, 1.807) is 32.4 Å². The van der Waals surface area contributed by atoms with Gasteiger partial charge >= 0.3 is 0 Å². The minimum atomic E-state index is -0.299. The predicted octanol–water partition coefficient (Wildman–Crippen LogP) is 4.62. The Morgan fingerprint density at radius 2 is 1.55 bits per heavy atom. The molecule has 3 rings (SSSR count). The molecule has 150 valence electrons. The Hall–Kier alpha value is -3.47. The van der Waals surface area contributed by atoms with Crippen molar-refractivity contribution in [1.82, 2.24) is 5.32 Å². The average molecular weight is 391 g/mol. The Labute approximate surface area is 171 Å². The second-order valence-corrected chi connectivity index (χ2v) is 6.39. The number of carbonyl (C=O) groups is 1. The van der Waals surface area contributed by atoms with Crippen molar-refractivity contribution in [2.45, 2.75) is 13.0 Å². The van der Waals surface area contributed by atoms with Crippen LogP contribution in [-0.2, 0) is 0 Å². The Morgan fingerprint density at radius 3 is 2.17 bits per heavy atom. The minimum absolute atomic E-state index is 0.198.